The van der Waals surface area contributed by atoms with Crippen molar-refractivity contribution < 1.29 is 4.79 Å². The van der Waals surface area contributed by atoms with Gasteiger partial charge in [0.05, 0.1) is 0 Å². The number of amides is 1. The lowest BCUT2D eigenvalue weighted by atomic mass is 10.1. The van der Waals surface area contributed by atoms with E-state index in [1.807, 2.05) is 12.1 Å². The summed E-state index contributed by atoms with van der Waals surface area (Å²) in [6.07, 6.45) is 7.21. The lowest BCUT2D eigenvalue weighted by molar-refractivity contribution is -0.110. The Labute approximate surface area is 127 Å². The van der Waals surface area contributed by atoms with Gasteiger partial charge in [-0.3, -0.25) is 9.79 Å². The molecule has 4 nitrogen and oxygen atoms in total. The lowest BCUT2D eigenvalue weighted by Gasteiger charge is -2.14. The molecule has 2 N–H and O–H groups in total. The SMILES string of the molecule is CCCCCCc1ccc(NC(=O)C2=NCCCN2)cc1. The molecule has 1 aliphatic rings. The van der Waals surface area contributed by atoms with Gasteiger partial charge in [-0.2, -0.15) is 0 Å². The summed E-state index contributed by atoms with van der Waals surface area (Å²) in [6, 6.07) is 8.13. The second kappa shape index (κ2) is 8.45. The number of carbonyl (C=O) groups excluding carboxylic acids is 1. The van der Waals surface area contributed by atoms with Crippen LogP contribution in [-0.4, -0.2) is 24.8 Å². The smallest absolute Gasteiger partial charge is 0.290 e. The number of hydrogen-bond acceptors (Lipinski definition) is 3. The molecule has 0 bridgehead atoms. The molecule has 0 saturated heterocycles. The van der Waals surface area contributed by atoms with Crippen LogP contribution in [-0.2, 0) is 11.2 Å². The first kappa shape index (κ1) is 15.5. The summed E-state index contributed by atoms with van der Waals surface area (Å²) in [4.78, 5) is 16.2. The number of anilines is 1. The number of aryl methyl sites for hydroxylation is 1. The first-order chi connectivity index (χ1) is 10.3. The van der Waals surface area contributed by atoms with Crippen molar-refractivity contribution >= 4 is 17.4 Å². The van der Waals surface area contributed by atoms with Crippen LogP contribution in [0.2, 0.25) is 0 Å². The minimum Gasteiger partial charge on any atom is -0.366 e. The summed E-state index contributed by atoms with van der Waals surface area (Å²) < 4.78 is 0. The molecule has 2 rings (SSSR count). The molecule has 1 heterocycles. The van der Waals surface area contributed by atoms with E-state index in [2.05, 4.69) is 34.7 Å². The fraction of sp³-hybridized carbons (Fsp3) is 0.529. The zero-order valence-corrected chi connectivity index (χ0v) is 12.8. The quantitative estimate of drug-likeness (QED) is 0.757. The van der Waals surface area contributed by atoms with Crippen LogP contribution in [0.5, 0.6) is 0 Å². The minimum atomic E-state index is -0.148. The lowest BCUT2D eigenvalue weighted by Crippen LogP contribution is -2.39. The summed E-state index contributed by atoms with van der Waals surface area (Å²) in [5.41, 5.74) is 2.16. The first-order valence-corrected chi connectivity index (χ1v) is 7.98. The average molecular weight is 287 g/mol. The Bertz CT molecular complexity index is 479. The Hall–Kier alpha value is -1.84. The van der Waals surface area contributed by atoms with Crippen LogP contribution < -0.4 is 10.6 Å². The van der Waals surface area contributed by atoms with Crippen LogP contribution in [0.1, 0.15) is 44.6 Å². The van der Waals surface area contributed by atoms with Crippen LogP contribution in [0.3, 0.4) is 0 Å². The summed E-state index contributed by atoms with van der Waals surface area (Å²) in [6.45, 7) is 3.78. The van der Waals surface area contributed by atoms with E-state index in [1.165, 1.54) is 31.2 Å². The third-order valence-corrected chi connectivity index (χ3v) is 3.64. The summed E-state index contributed by atoms with van der Waals surface area (Å²) in [5, 5.41) is 5.91. The van der Waals surface area contributed by atoms with Gasteiger partial charge >= 0.3 is 0 Å². The number of rotatable bonds is 7. The first-order valence-electron chi connectivity index (χ1n) is 7.98. The Morgan fingerprint density at radius 1 is 1.24 bits per heavy atom. The van der Waals surface area contributed by atoms with Gasteiger partial charge in [-0.25, -0.2) is 0 Å². The number of nitrogens with one attached hydrogen (secondary N) is 2. The number of carbonyl (C=O) groups is 1. The molecule has 1 amide bonds. The fourth-order valence-electron chi connectivity index (χ4n) is 2.39. The van der Waals surface area contributed by atoms with E-state index < -0.39 is 0 Å². The van der Waals surface area contributed by atoms with Crippen LogP contribution >= 0.6 is 0 Å². The molecule has 0 unspecified atom stereocenters. The van der Waals surface area contributed by atoms with E-state index in [0.717, 1.165) is 31.6 Å². The van der Waals surface area contributed by atoms with Gasteiger partial charge in [0, 0.05) is 18.8 Å². The van der Waals surface area contributed by atoms with Crippen molar-refractivity contribution in [2.75, 3.05) is 18.4 Å². The maximum Gasteiger partial charge on any atom is 0.290 e. The van der Waals surface area contributed by atoms with Crippen molar-refractivity contribution in [3.8, 4) is 0 Å². The third-order valence-electron chi connectivity index (χ3n) is 3.64. The summed E-state index contributed by atoms with van der Waals surface area (Å²) in [5.74, 6) is 0.301. The third kappa shape index (κ3) is 5.21. The van der Waals surface area contributed by atoms with Gasteiger partial charge in [-0.15, -0.1) is 0 Å². The Morgan fingerprint density at radius 2 is 2.05 bits per heavy atom. The van der Waals surface area contributed by atoms with Crippen LogP contribution in [0, 0.1) is 0 Å². The van der Waals surface area contributed by atoms with Crippen molar-refractivity contribution in [3.05, 3.63) is 29.8 Å². The van der Waals surface area contributed by atoms with Crippen molar-refractivity contribution in [3.63, 3.8) is 0 Å². The molecule has 0 atom stereocenters. The molecule has 1 aromatic rings. The summed E-state index contributed by atoms with van der Waals surface area (Å²) in [7, 11) is 0. The van der Waals surface area contributed by atoms with E-state index in [-0.39, 0.29) is 5.91 Å². The molecular weight excluding hydrogens is 262 g/mol. The van der Waals surface area contributed by atoms with Crippen molar-refractivity contribution in [2.45, 2.75) is 45.4 Å². The molecule has 114 valence electrons. The number of unbranched alkanes of at least 4 members (excludes halogenated alkanes) is 3. The highest BCUT2D eigenvalue weighted by atomic mass is 16.2. The molecule has 0 radical (unpaired) electrons. The largest absolute Gasteiger partial charge is 0.366 e. The molecule has 0 aromatic heterocycles. The number of benzene rings is 1. The Morgan fingerprint density at radius 3 is 2.71 bits per heavy atom. The van der Waals surface area contributed by atoms with Gasteiger partial charge in [-0.1, -0.05) is 38.3 Å². The highest BCUT2D eigenvalue weighted by Gasteiger charge is 2.13. The predicted octanol–water partition coefficient (Wildman–Crippen LogP) is 3.14. The molecule has 1 aromatic carbocycles. The molecule has 1 aliphatic heterocycles. The van der Waals surface area contributed by atoms with Crippen LogP contribution in [0.4, 0.5) is 5.69 Å². The maximum absolute atomic E-state index is 12.0. The van der Waals surface area contributed by atoms with E-state index in [1.54, 1.807) is 0 Å². The molecule has 21 heavy (non-hydrogen) atoms. The average Bonchev–Trinajstić information content (AvgIpc) is 2.54. The van der Waals surface area contributed by atoms with E-state index >= 15 is 0 Å². The molecule has 0 saturated carbocycles. The van der Waals surface area contributed by atoms with E-state index in [4.69, 9.17) is 0 Å². The normalized spacial score (nSPS) is 14.2. The van der Waals surface area contributed by atoms with Crippen molar-refractivity contribution in [1.82, 2.24) is 5.32 Å². The van der Waals surface area contributed by atoms with Crippen LogP contribution in [0.15, 0.2) is 29.3 Å². The molecule has 0 fully saturated rings. The molecule has 4 heteroatoms. The number of nitrogens with zero attached hydrogens (tertiary/aromatic N) is 1. The van der Waals surface area contributed by atoms with Gasteiger partial charge < -0.3 is 10.6 Å². The Kier molecular flexibility index (Phi) is 6.25. The monoisotopic (exact) mass is 287 g/mol. The van der Waals surface area contributed by atoms with E-state index in [0.29, 0.717) is 5.84 Å². The maximum atomic E-state index is 12.0. The van der Waals surface area contributed by atoms with Gasteiger partial charge in [0.2, 0.25) is 0 Å². The number of hydrogen-bond donors (Lipinski definition) is 2. The molecule has 0 spiro atoms. The second-order valence-corrected chi connectivity index (χ2v) is 5.47. The number of aliphatic imine (C=N–C) groups is 1. The zero-order chi connectivity index (χ0) is 14.9. The standard InChI is InChI=1S/C17H25N3O/c1-2-3-4-5-7-14-8-10-15(11-9-14)20-17(21)16-18-12-6-13-19-16/h8-11H,2-7,12-13H2,1H3,(H,18,19)(H,20,21). The van der Waals surface area contributed by atoms with Gasteiger partial charge in [-0.05, 0) is 37.0 Å². The second-order valence-electron chi connectivity index (χ2n) is 5.47. The predicted molar refractivity (Wildman–Crippen MR) is 87.8 cm³/mol. The zero-order valence-electron chi connectivity index (χ0n) is 12.8. The Balaban J connectivity index is 1.81. The van der Waals surface area contributed by atoms with Gasteiger partial charge in [0.25, 0.3) is 5.91 Å². The number of amidine groups is 1. The van der Waals surface area contributed by atoms with Crippen molar-refractivity contribution in [1.29, 1.82) is 0 Å². The van der Waals surface area contributed by atoms with Gasteiger partial charge in [0.15, 0.2) is 5.84 Å². The van der Waals surface area contributed by atoms with Gasteiger partial charge in [0.1, 0.15) is 0 Å². The van der Waals surface area contributed by atoms with E-state index in [9.17, 15) is 4.79 Å². The van der Waals surface area contributed by atoms with Crippen molar-refractivity contribution in [2.24, 2.45) is 4.99 Å². The minimum absolute atomic E-state index is 0.148. The topological polar surface area (TPSA) is 53.5 Å². The molecule has 0 aliphatic carbocycles. The summed E-state index contributed by atoms with van der Waals surface area (Å²) >= 11 is 0. The fourth-order valence-corrected chi connectivity index (χ4v) is 2.39. The van der Waals surface area contributed by atoms with Crippen LogP contribution in [0.25, 0.3) is 0 Å². The highest BCUT2D eigenvalue weighted by molar-refractivity contribution is 6.42. The highest BCUT2D eigenvalue weighted by Crippen LogP contribution is 2.13. The molecular formula is C17H25N3O.